The van der Waals surface area contributed by atoms with Crippen LogP contribution in [0.15, 0.2) is 161 Å². The maximum absolute atomic E-state index is 6.55. The molecule has 228 valence electrons. The number of oxazole rings is 1. The maximum Gasteiger partial charge on any atom is 0.227 e. The van der Waals surface area contributed by atoms with Crippen molar-refractivity contribution in [2.45, 2.75) is 12.3 Å². The van der Waals surface area contributed by atoms with Gasteiger partial charge in [-0.2, -0.15) is 0 Å². The molecule has 1 atom stereocenters. The zero-order valence-electron chi connectivity index (χ0n) is 25.8. The lowest BCUT2D eigenvalue weighted by Gasteiger charge is -2.26. The smallest absolute Gasteiger partial charge is 0.227 e. The predicted molar refractivity (Wildman–Crippen MR) is 200 cm³/mol. The zero-order chi connectivity index (χ0) is 31.6. The third-order valence-corrected chi connectivity index (χ3v) is 10.6. The van der Waals surface area contributed by atoms with E-state index in [1.54, 1.807) is 0 Å². The Hall–Kier alpha value is -5.91. The molecule has 0 aliphatic heterocycles. The summed E-state index contributed by atoms with van der Waals surface area (Å²) in [6.45, 7) is 0. The Balaban J connectivity index is 1.15. The Morgan fingerprint density at radius 1 is 0.667 bits per heavy atom. The zero-order valence-corrected chi connectivity index (χ0v) is 26.7. The van der Waals surface area contributed by atoms with E-state index in [0.29, 0.717) is 11.8 Å². The Labute approximate surface area is 280 Å². The van der Waals surface area contributed by atoms with E-state index in [-0.39, 0.29) is 0 Å². The van der Waals surface area contributed by atoms with Crippen LogP contribution < -0.4 is 4.90 Å². The van der Waals surface area contributed by atoms with Crippen molar-refractivity contribution in [3.8, 4) is 11.5 Å². The summed E-state index contributed by atoms with van der Waals surface area (Å²) in [6.07, 6.45) is 9.82. The number of benzene rings is 6. The first-order valence-electron chi connectivity index (χ1n) is 16.2. The molecule has 0 saturated carbocycles. The van der Waals surface area contributed by atoms with Gasteiger partial charge in [0.15, 0.2) is 5.58 Å². The van der Waals surface area contributed by atoms with Gasteiger partial charge in [0.05, 0.1) is 15.8 Å². The number of nitrogens with zero attached hydrogens (tertiary/aromatic N) is 2. The number of thiophene rings is 1. The summed E-state index contributed by atoms with van der Waals surface area (Å²) in [5.41, 5.74) is 8.67. The summed E-state index contributed by atoms with van der Waals surface area (Å²) < 4.78 is 15.5. The van der Waals surface area contributed by atoms with E-state index in [1.165, 1.54) is 25.7 Å². The van der Waals surface area contributed by atoms with Crippen LogP contribution in [0.5, 0.6) is 0 Å². The van der Waals surface area contributed by atoms with Crippen molar-refractivity contribution < 1.29 is 8.83 Å². The van der Waals surface area contributed by atoms with Crippen LogP contribution in [0.2, 0.25) is 0 Å². The molecule has 3 aromatic heterocycles. The summed E-state index contributed by atoms with van der Waals surface area (Å²) in [4.78, 5) is 7.17. The van der Waals surface area contributed by atoms with E-state index in [2.05, 4.69) is 114 Å². The highest BCUT2D eigenvalue weighted by molar-refractivity contribution is 7.26. The molecule has 6 aromatic carbocycles. The van der Waals surface area contributed by atoms with Crippen molar-refractivity contribution in [3.63, 3.8) is 0 Å². The highest BCUT2D eigenvalue weighted by Crippen LogP contribution is 2.46. The average molecular weight is 637 g/mol. The largest absolute Gasteiger partial charge is 0.456 e. The number of fused-ring (bicyclic) bond motifs is 8. The molecule has 3 heterocycles. The molecule has 0 saturated heterocycles. The Morgan fingerprint density at radius 3 is 2.38 bits per heavy atom. The second kappa shape index (κ2) is 10.8. The van der Waals surface area contributed by atoms with Gasteiger partial charge in [0, 0.05) is 49.8 Å². The fourth-order valence-electron chi connectivity index (χ4n) is 7.11. The van der Waals surface area contributed by atoms with Gasteiger partial charge in [0.25, 0.3) is 0 Å². The van der Waals surface area contributed by atoms with Crippen LogP contribution in [0.25, 0.3) is 64.7 Å². The summed E-state index contributed by atoms with van der Waals surface area (Å²) in [7, 11) is 0. The average Bonchev–Trinajstić information content (AvgIpc) is 3.86. The third-order valence-electron chi connectivity index (χ3n) is 9.44. The monoisotopic (exact) mass is 636 g/mol. The van der Waals surface area contributed by atoms with Crippen molar-refractivity contribution in [2.75, 3.05) is 4.90 Å². The number of hydrogen-bond donors (Lipinski definition) is 0. The van der Waals surface area contributed by atoms with Crippen LogP contribution in [-0.2, 0) is 0 Å². The van der Waals surface area contributed by atoms with Crippen molar-refractivity contribution >= 4 is 81.6 Å². The molecule has 5 heteroatoms. The molecular weight excluding hydrogens is 609 g/mol. The molecule has 1 unspecified atom stereocenters. The summed E-state index contributed by atoms with van der Waals surface area (Å²) in [6, 6.07) is 44.8. The number of hydrogen-bond acceptors (Lipinski definition) is 5. The molecule has 1 aliphatic carbocycles. The summed E-state index contributed by atoms with van der Waals surface area (Å²) in [5, 5.41) is 4.49. The Morgan fingerprint density at radius 2 is 1.50 bits per heavy atom. The van der Waals surface area contributed by atoms with Gasteiger partial charge in [-0.05, 0) is 72.6 Å². The number of rotatable bonds is 5. The highest BCUT2D eigenvalue weighted by Gasteiger charge is 2.22. The van der Waals surface area contributed by atoms with E-state index < -0.39 is 0 Å². The Bertz CT molecular complexity index is 2710. The lowest BCUT2D eigenvalue weighted by molar-refractivity contribution is 0.622. The van der Waals surface area contributed by atoms with E-state index in [1.807, 2.05) is 53.8 Å². The van der Waals surface area contributed by atoms with Crippen molar-refractivity contribution in [2.24, 2.45) is 0 Å². The molecule has 0 N–H and O–H groups in total. The van der Waals surface area contributed by atoms with Gasteiger partial charge in [-0.1, -0.05) is 85.0 Å². The number of anilines is 3. The molecule has 0 amide bonds. The van der Waals surface area contributed by atoms with E-state index in [0.717, 1.165) is 62.1 Å². The minimum absolute atomic E-state index is 0.394. The SMILES string of the molecule is C1=CCC(c2ccc(N(c3ccc4c(c3)oc3ccc5nc(-c6ccccc6)oc5c34)c3cccc4c3sc3ccccc34)cc2)C=C1. The van der Waals surface area contributed by atoms with Gasteiger partial charge >= 0.3 is 0 Å². The predicted octanol–water partition coefficient (Wildman–Crippen LogP) is 12.8. The summed E-state index contributed by atoms with van der Waals surface area (Å²) in [5.74, 6) is 1.00. The van der Waals surface area contributed by atoms with E-state index in [9.17, 15) is 0 Å². The molecule has 48 heavy (non-hydrogen) atoms. The van der Waals surface area contributed by atoms with Gasteiger partial charge in [0.2, 0.25) is 5.89 Å². The molecule has 0 fully saturated rings. The minimum atomic E-state index is 0.394. The summed E-state index contributed by atoms with van der Waals surface area (Å²) >= 11 is 1.84. The first-order chi connectivity index (χ1) is 23.8. The minimum Gasteiger partial charge on any atom is -0.456 e. The van der Waals surface area contributed by atoms with Gasteiger partial charge < -0.3 is 13.7 Å². The van der Waals surface area contributed by atoms with E-state index >= 15 is 0 Å². The highest BCUT2D eigenvalue weighted by atomic mass is 32.1. The van der Waals surface area contributed by atoms with Crippen LogP contribution >= 0.6 is 11.3 Å². The molecule has 4 nitrogen and oxygen atoms in total. The van der Waals surface area contributed by atoms with Gasteiger partial charge in [-0.15, -0.1) is 11.3 Å². The molecule has 1 aliphatic rings. The van der Waals surface area contributed by atoms with Gasteiger partial charge in [-0.3, -0.25) is 0 Å². The lowest BCUT2D eigenvalue weighted by Crippen LogP contribution is -2.10. The molecule has 0 radical (unpaired) electrons. The fraction of sp³-hybridized carbons (Fsp3) is 0.0465. The molecule has 0 bridgehead atoms. The first kappa shape index (κ1) is 27.2. The van der Waals surface area contributed by atoms with Gasteiger partial charge in [-0.25, -0.2) is 4.98 Å². The van der Waals surface area contributed by atoms with Crippen LogP contribution in [0, 0.1) is 0 Å². The number of aromatic nitrogens is 1. The van der Waals surface area contributed by atoms with Crippen LogP contribution in [0.4, 0.5) is 17.1 Å². The van der Waals surface area contributed by atoms with Crippen molar-refractivity contribution in [1.82, 2.24) is 4.98 Å². The second-order valence-electron chi connectivity index (χ2n) is 12.3. The molecule has 10 rings (SSSR count). The maximum atomic E-state index is 6.55. The quantitative estimate of drug-likeness (QED) is 0.188. The molecular formula is C43H28N2O2S. The number of furan rings is 1. The lowest BCUT2D eigenvalue weighted by atomic mass is 9.92. The van der Waals surface area contributed by atoms with Gasteiger partial charge in [0.1, 0.15) is 16.7 Å². The van der Waals surface area contributed by atoms with Crippen molar-refractivity contribution in [1.29, 1.82) is 0 Å². The van der Waals surface area contributed by atoms with Crippen LogP contribution in [0.3, 0.4) is 0 Å². The first-order valence-corrected chi connectivity index (χ1v) is 17.0. The van der Waals surface area contributed by atoms with Crippen molar-refractivity contribution in [3.05, 3.63) is 157 Å². The topological polar surface area (TPSA) is 42.4 Å². The number of allylic oxidation sites excluding steroid dienone is 4. The molecule has 9 aromatic rings. The fourth-order valence-corrected chi connectivity index (χ4v) is 8.32. The molecule has 0 spiro atoms. The second-order valence-corrected chi connectivity index (χ2v) is 13.3. The van der Waals surface area contributed by atoms with Crippen LogP contribution in [0.1, 0.15) is 17.9 Å². The standard InChI is InChI=1S/C43H28N2O2S/c1-3-10-27(11-4-1)28-18-20-30(21-19-28)45(36-16-9-15-33-32-14-7-8-17-39(32)48-42(33)36)31-22-23-34-38(26-31)46-37-25-24-35-41(40(34)37)47-43(44-35)29-12-5-2-6-13-29/h1-10,12-27H,11H2. The van der Waals surface area contributed by atoms with E-state index in [4.69, 9.17) is 13.8 Å². The normalized spacial score (nSPS) is 14.6. The van der Waals surface area contributed by atoms with Crippen LogP contribution in [-0.4, -0.2) is 4.98 Å². The third kappa shape index (κ3) is 4.32. The Kier molecular flexibility index (Phi) is 6.14.